The van der Waals surface area contributed by atoms with Crippen LogP contribution in [0.5, 0.6) is 5.75 Å². The number of carbonyl (C=O) groups is 4. The summed E-state index contributed by atoms with van der Waals surface area (Å²) in [5.74, 6) is -3.61. The van der Waals surface area contributed by atoms with E-state index >= 15 is 0 Å². The molecule has 0 aliphatic carbocycles. The van der Waals surface area contributed by atoms with Crippen molar-refractivity contribution in [2.75, 3.05) is 5.73 Å². The average molecular weight is 561 g/mol. The van der Waals surface area contributed by atoms with Crippen molar-refractivity contribution in [2.24, 2.45) is 11.7 Å². The number of nitrogens with two attached hydrogens (primary N) is 2. The van der Waals surface area contributed by atoms with Crippen molar-refractivity contribution in [2.45, 2.75) is 51.2 Å². The topological polar surface area (TPSA) is 176 Å². The summed E-state index contributed by atoms with van der Waals surface area (Å²) < 4.78 is 0. The number of carboxylic acid groups (broad SMARTS) is 1. The normalized spacial score (nSPS) is 13.2. The van der Waals surface area contributed by atoms with E-state index in [0.717, 1.165) is 4.90 Å². The molecule has 10 heteroatoms. The SMILES string of the molecule is CC(C)C[C@H](NC(=O)[C@H](Cc1ccccc1)N(C(=O)c1ccc(N)cc1)C(=O)[C@@H](N)Cc1ccc(O)cc1)C(=O)O. The van der Waals surface area contributed by atoms with Crippen LogP contribution in [0.4, 0.5) is 5.69 Å². The van der Waals surface area contributed by atoms with E-state index in [4.69, 9.17) is 11.5 Å². The number of carboxylic acids is 1. The summed E-state index contributed by atoms with van der Waals surface area (Å²) in [4.78, 5) is 54.4. The predicted molar refractivity (Wildman–Crippen MR) is 155 cm³/mol. The standard InChI is InChI=1S/C31H36N4O6/c1-19(2)16-26(31(40)41)34-28(37)27(18-20-6-4-3-5-7-20)35(29(38)22-10-12-23(32)13-11-22)30(39)25(33)17-21-8-14-24(36)15-9-21/h3-15,19,25-27,36H,16-18,32-33H2,1-2H3,(H,34,37)(H,40,41)/t25-,26-,27-/m0/s1. The predicted octanol–water partition coefficient (Wildman–Crippen LogP) is 2.74. The monoisotopic (exact) mass is 560 g/mol. The second-order valence-corrected chi connectivity index (χ2v) is 10.3. The zero-order valence-corrected chi connectivity index (χ0v) is 23.1. The number of amides is 3. The number of imide groups is 1. The van der Waals surface area contributed by atoms with Gasteiger partial charge in [0.15, 0.2) is 0 Å². The minimum Gasteiger partial charge on any atom is -0.508 e. The highest BCUT2D eigenvalue weighted by Crippen LogP contribution is 2.19. The Labute approximate surface area is 239 Å². The minimum absolute atomic E-state index is 0.0232. The van der Waals surface area contributed by atoms with Gasteiger partial charge in [0.05, 0.1) is 6.04 Å². The molecule has 0 aromatic heterocycles. The fourth-order valence-electron chi connectivity index (χ4n) is 4.41. The lowest BCUT2D eigenvalue weighted by Crippen LogP contribution is -2.59. The fraction of sp³-hybridized carbons (Fsp3) is 0.290. The first-order valence-electron chi connectivity index (χ1n) is 13.3. The Bertz CT molecular complexity index is 1340. The van der Waals surface area contributed by atoms with E-state index in [1.807, 2.05) is 13.8 Å². The molecule has 0 unspecified atom stereocenters. The van der Waals surface area contributed by atoms with Crippen LogP contribution in [0.3, 0.4) is 0 Å². The molecule has 0 saturated heterocycles. The molecule has 3 atom stereocenters. The summed E-state index contributed by atoms with van der Waals surface area (Å²) in [5.41, 5.74) is 13.9. The number of carbonyl (C=O) groups excluding carboxylic acids is 3. The van der Waals surface area contributed by atoms with Crippen molar-refractivity contribution in [1.29, 1.82) is 0 Å². The Balaban J connectivity index is 2.06. The van der Waals surface area contributed by atoms with Gasteiger partial charge in [0.1, 0.15) is 17.8 Å². The van der Waals surface area contributed by atoms with E-state index in [1.165, 1.54) is 36.4 Å². The van der Waals surface area contributed by atoms with Crippen molar-refractivity contribution in [1.82, 2.24) is 10.2 Å². The summed E-state index contributed by atoms with van der Waals surface area (Å²) >= 11 is 0. The highest BCUT2D eigenvalue weighted by molar-refractivity contribution is 6.09. The van der Waals surface area contributed by atoms with E-state index in [-0.39, 0.29) is 36.5 Å². The van der Waals surface area contributed by atoms with Gasteiger partial charge in [-0.1, -0.05) is 56.3 Å². The van der Waals surface area contributed by atoms with Gasteiger partial charge in [-0.3, -0.25) is 19.3 Å². The van der Waals surface area contributed by atoms with Gasteiger partial charge in [-0.25, -0.2) is 4.79 Å². The van der Waals surface area contributed by atoms with Crippen molar-refractivity contribution in [3.8, 4) is 5.75 Å². The number of nitrogen functional groups attached to an aromatic ring is 1. The number of nitrogens with zero attached hydrogens (tertiary/aromatic N) is 1. The summed E-state index contributed by atoms with van der Waals surface area (Å²) in [6, 6.07) is 16.9. The Kier molecular flexibility index (Phi) is 10.6. The lowest BCUT2D eigenvalue weighted by molar-refractivity contribution is -0.144. The molecule has 0 heterocycles. The molecule has 0 spiro atoms. The van der Waals surface area contributed by atoms with Gasteiger partial charge < -0.3 is 27.0 Å². The molecule has 7 N–H and O–H groups in total. The molecule has 10 nitrogen and oxygen atoms in total. The van der Waals surface area contributed by atoms with Crippen molar-refractivity contribution in [3.05, 3.63) is 95.6 Å². The van der Waals surface area contributed by atoms with Crippen molar-refractivity contribution >= 4 is 29.4 Å². The maximum atomic E-state index is 13.9. The number of hydrogen-bond donors (Lipinski definition) is 5. The maximum Gasteiger partial charge on any atom is 0.326 e. The molecule has 0 aliphatic rings. The molecule has 0 saturated carbocycles. The molecule has 3 rings (SSSR count). The van der Waals surface area contributed by atoms with Crippen LogP contribution in [-0.4, -0.2) is 56.9 Å². The first kappa shape index (κ1) is 30.8. The average Bonchev–Trinajstić information content (AvgIpc) is 2.94. The van der Waals surface area contributed by atoms with E-state index in [1.54, 1.807) is 42.5 Å². The molecule has 0 radical (unpaired) electrons. The van der Waals surface area contributed by atoms with Crippen molar-refractivity contribution in [3.63, 3.8) is 0 Å². The lowest BCUT2D eigenvalue weighted by Gasteiger charge is -2.32. The van der Waals surface area contributed by atoms with Gasteiger partial charge in [0, 0.05) is 17.7 Å². The summed E-state index contributed by atoms with van der Waals surface area (Å²) in [5, 5.41) is 21.9. The number of nitrogens with one attached hydrogen (secondary N) is 1. The third-order valence-electron chi connectivity index (χ3n) is 6.53. The number of anilines is 1. The highest BCUT2D eigenvalue weighted by Gasteiger charge is 2.39. The Morgan fingerprint density at radius 2 is 1.44 bits per heavy atom. The summed E-state index contributed by atoms with van der Waals surface area (Å²) in [7, 11) is 0. The van der Waals surface area contributed by atoms with Crippen LogP contribution in [0.2, 0.25) is 0 Å². The number of aromatic hydroxyl groups is 1. The molecule has 41 heavy (non-hydrogen) atoms. The molecular formula is C31H36N4O6. The zero-order chi connectivity index (χ0) is 30.1. The number of phenols is 1. The van der Waals surface area contributed by atoms with E-state index < -0.39 is 41.8 Å². The van der Waals surface area contributed by atoms with Crippen LogP contribution in [-0.2, 0) is 27.2 Å². The van der Waals surface area contributed by atoms with Crippen LogP contribution in [0, 0.1) is 5.92 Å². The molecule has 3 amide bonds. The summed E-state index contributed by atoms with van der Waals surface area (Å²) in [6.07, 6.45) is 0.105. The van der Waals surface area contributed by atoms with Crippen LogP contribution in [0.15, 0.2) is 78.9 Å². The van der Waals surface area contributed by atoms with Crippen LogP contribution >= 0.6 is 0 Å². The summed E-state index contributed by atoms with van der Waals surface area (Å²) in [6.45, 7) is 3.65. The largest absolute Gasteiger partial charge is 0.508 e. The third kappa shape index (κ3) is 8.64. The second-order valence-electron chi connectivity index (χ2n) is 10.3. The van der Waals surface area contributed by atoms with Crippen LogP contribution in [0.1, 0.15) is 41.8 Å². The van der Waals surface area contributed by atoms with Gasteiger partial charge in [0.2, 0.25) is 11.8 Å². The van der Waals surface area contributed by atoms with Crippen molar-refractivity contribution < 1.29 is 29.4 Å². The minimum atomic E-state index is -1.41. The zero-order valence-electron chi connectivity index (χ0n) is 23.1. The first-order chi connectivity index (χ1) is 19.5. The van der Waals surface area contributed by atoms with Crippen LogP contribution < -0.4 is 16.8 Å². The van der Waals surface area contributed by atoms with E-state index in [0.29, 0.717) is 16.8 Å². The molecule has 3 aromatic rings. The Morgan fingerprint density at radius 3 is 2.00 bits per heavy atom. The lowest BCUT2D eigenvalue weighted by atomic mass is 9.98. The Morgan fingerprint density at radius 1 is 0.854 bits per heavy atom. The number of benzene rings is 3. The number of phenolic OH excluding ortho intramolecular Hbond substituents is 1. The Hall–Kier alpha value is -4.70. The molecular weight excluding hydrogens is 524 g/mol. The second kappa shape index (κ2) is 14.1. The smallest absolute Gasteiger partial charge is 0.326 e. The quantitative estimate of drug-likeness (QED) is 0.210. The van der Waals surface area contributed by atoms with Gasteiger partial charge >= 0.3 is 5.97 Å². The van der Waals surface area contributed by atoms with Gasteiger partial charge in [0.25, 0.3) is 5.91 Å². The molecule has 0 fully saturated rings. The van der Waals surface area contributed by atoms with Gasteiger partial charge in [-0.15, -0.1) is 0 Å². The number of rotatable bonds is 12. The molecule has 0 aliphatic heterocycles. The first-order valence-corrected chi connectivity index (χ1v) is 13.3. The number of aliphatic carboxylic acids is 1. The van der Waals surface area contributed by atoms with Gasteiger partial charge in [-0.2, -0.15) is 0 Å². The van der Waals surface area contributed by atoms with E-state index in [9.17, 15) is 29.4 Å². The molecule has 216 valence electrons. The highest BCUT2D eigenvalue weighted by atomic mass is 16.4. The molecule has 0 bridgehead atoms. The number of hydrogen-bond acceptors (Lipinski definition) is 7. The molecule has 3 aromatic carbocycles. The van der Waals surface area contributed by atoms with E-state index in [2.05, 4.69) is 5.32 Å². The third-order valence-corrected chi connectivity index (χ3v) is 6.53. The maximum absolute atomic E-state index is 13.9. The van der Waals surface area contributed by atoms with Gasteiger partial charge in [-0.05, 0) is 66.3 Å². The van der Waals surface area contributed by atoms with Crippen LogP contribution in [0.25, 0.3) is 0 Å². The fourth-order valence-corrected chi connectivity index (χ4v) is 4.41.